The van der Waals surface area contributed by atoms with Gasteiger partial charge in [-0.15, -0.1) is 0 Å². The van der Waals surface area contributed by atoms with E-state index in [1.807, 2.05) is 0 Å². The first-order chi connectivity index (χ1) is 9.95. The topological polar surface area (TPSA) is 57.6 Å². The van der Waals surface area contributed by atoms with Gasteiger partial charge in [0.2, 0.25) is 5.91 Å². The minimum atomic E-state index is -0.978. The maximum absolute atomic E-state index is 13.7. The second-order valence-corrected chi connectivity index (χ2v) is 5.15. The number of carbonyl (C=O) groups excluding carboxylic acids is 1. The number of nitrogens with zero attached hydrogens (tertiary/aromatic N) is 1. The third-order valence-electron chi connectivity index (χ3n) is 3.77. The number of rotatable bonds is 6. The van der Waals surface area contributed by atoms with Crippen molar-refractivity contribution in [3.8, 4) is 0 Å². The number of hydrogen-bond donors (Lipinski definition) is 1. The largest absolute Gasteiger partial charge is 0.481 e. The molecule has 1 aromatic rings. The molecule has 0 aromatic heterocycles. The molecule has 1 aliphatic carbocycles. The summed E-state index contributed by atoms with van der Waals surface area (Å²) in [7, 11) is 0. The molecule has 2 atom stereocenters. The molecule has 2 unspecified atom stereocenters. The summed E-state index contributed by atoms with van der Waals surface area (Å²) in [6.07, 6.45) is 0.269. The molecule has 1 fully saturated rings. The zero-order valence-corrected chi connectivity index (χ0v) is 11.7. The van der Waals surface area contributed by atoms with Crippen LogP contribution in [0.2, 0.25) is 0 Å². The molecular weight excluding hydrogens is 280 g/mol. The number of carboxylic acid groups (broad SMARTS) is 1. The van der Waals surface area contributed by atoms with Gasteiger partial charge in [-0.05, 0) is 25.5 Å². The molecule has 1 saturated carbocycles. The summed E-state index contributed by atoms with van der Waals surface area (Å²) in [5, 5.41) is 8.66. The van der Waals surface area contributed by atoms with Gasteiger partial charge in [-0.3, -0.25) is 9.59 Å². The lowest BCUT2D eigenvalue weighted by Gasteiger charge is -2.20. The van der Waals surface area contributed by atoms with Gasteiger partial charge in [-0.2, -0.15) is 0 Å². The van der Waals surface area contributed by atoms with Crippen molar-refractivity contribution in [1.82, 2.24) is 4.90 Å². The minimum absolute atomic E-state index is 0.0369. The summed E-state index contributed by atoms with van der Waals surface area (Å²) in [4.78, 5) is 24.2. The van der Waals surface area contributed by atoms with Crippen molar-refractivity contribution in [3.63, 3.8) is 0 Å². The third-order valence-corrected chi connectivity index (χ3v) is 3.77. The molecule has 1 aliphatic rings. The number of halogens is 2. The molecule has 1 aromatic carbocycles. The maximum Gasteiger partial charge on any atom is 0.305 e. The van der Waals surface area contributed by atoms with E-state index < -0.39 is 29.4 Å². The van der Waals surface area contributed by atoms with Crippen LogP contribution in [-0.2, 0) is 9.59 Å². The van der Waals surface area contributed by atoms with Gasteiger partial charge in [0.25, 0.3) is 0 Å². The van der Waals surface area contributed by atoms with E-state index in [2.05, 4.69) is 0 Å². The fourth-order valence-electron chi connectivity index (χ4n) is 2.54. The van der Waals surface area contributed by atoms with Crippen LogP contribution in [0.15, 0.2) is 18.2 Å². The summed E-state index contributed by atoms with van der Waals surface area (Å²) >= 11 is 0. The minimum Gasteiger partial charge on any atom is -0.481 e. The van der Waals surface area contributed by atoms with Crippen molar-refractivity contribution in [2.24, 2.45) is 5.92 Å². The van der Waals surface area contributed by atoms with E-state index in [0.29, 0.717) is 13.0 Å². The van der Waals surface area contributed by atoms with Gasteiger partial charge in [-0.25, -0.2) is 8.78 Å². The van der Waals surface area contributed by atoms with E-state index in [0.717, 1.165) is 0 Å². The first-order valence-corrected chi connectivity index (χ1v) is 6.90. The van der Waals surface area contributed by atoms with E-state index in [-0.39, 0.29) is 24.4 Å². The van der Waals surface area contributed by atoms with Crippen LogP contribution in [0.25, 0.3) is 0 Å². The molecule has 4 nitrogen and oxygen atoms in total. The SMILES string of the molecule is CCN(CCC(=O)O)C(=O)C1CC1c1c(F)cccc1F. The molecule has 1 N–H and O–H groups in total. The first-order valence-electron chi connectivity index (χ1n) is 6.90. The van der Waals surface area contributed by atoms with Crippen LogP contribution in [0.5, 0.6) is 0 Å². The second kappa shape index (κ2) is 6.20. The monoisotopic (exact) mass is 297 g/mol. The quantitative estimate of drug-likeness (QED) is 0.877. The molecule has 0 aliphatic heterocycles. The van der Waals surface area contributed by atoms with E-state index >= 15 is 0 Å². The second-order valence-electron chi connectivity index (χ2n) is 5.15. The van der Waals surface area contributed by atoms with Crippen LogP contribution in [0.3, 0.4) is 0 Å². The van der Waals surface area contributed by atoms with Gasteiger partial charge in [0.1, 0.15) is 11.6 Å². The molecule has 21 heavy (non-hydrogen) atoms. The number of amides is 1. The number of hydrogen-bond acceptors (Lipinski definition) is 2. The summed E-state index contributed by atoms with van der Waals surface area (Å²) in [5.74, 6) is -3.38. The highest BCUT2D eigenvalue weighted by molar-refractivity contribution is 5.83. The van der Waals surface area contributed by atoms with Crippen molar-refractivity contribution in [2.75, 3.05) is 13.1 Å². The smallest absolute Gasteiger partial charge is 0.305 e. The number of carboxylic acids is 1. The summed E-state index contributed by atoms with van der Waals surface area (Å²) in [6.45, 7) is 2.25. The summed E-state index contributed by atoms with van der Waals surface area (Å²) < 4.78 is 27.3. The molecule has 0 heterocycles. The highest BCUT2D eigenvalue weighted by Gasteiger charge is 2.47. The van der Waals surface area contributed by atoms with Gasteiger partial charge in [0.15, 0.2) is 0 Å². The standard InChI is InChI=1S/C15H17F2NO3/c1-2-18(7-6-13(19)20)15(21)10-8-9(10)14-11(16)4-3-5-12(14)17/h3-5,9-10H,2,6-8H2,1H3,(H,19,20). The van der Waals surface area contributed by atoms with Gasteiger partial charge in [0.05, 0.1) is 6.42 Å². The predicted molar refractivity (Wildman–Crippen MR) is 71.7 cm³/mol. The Morgan fingerprint density at radius 1 is 1.33 bits per heavy atom. The summed E-state index contributed by atoms with van der Waals surface area (Å²) in [5.41, 5.74) is -0.0369. The Labute approximate surface area is 121 Å². The highest BCUT2D eigenvalue weighted by atomic mass is 19.1. The number of aliphatic carboxylic acids is 1. The predicted octanol–water partition coefficient (Wildman–Crippen LogP) is 2.39. The zero-order chi connectivity index (χ0) is 15.6. The van der Waals surface area contributed by atoms with Gasteiger partial charge >= 0.3 is 5.97 Å². The van der Waals surface area contributed by atoms with Gasteiger partial charge in [0, 0.05) is 30.5 Å². The molecule has 2 rings (SSSR count). The van der Waals surface area contributed by atoms with E-state index in [1.165, 1.54) is 23.1 Å². The normalized spacial score (nSPS) is 20.1. The lowest BCUT2D eigenvalue weighted by molar-refractivity contribution is -0.138. The fraction of sp³-hybridized carbons (Fsp3) is 0.467. The molecule has 0 radical (unpaired) electrons. The Kier molecular flexibility index (Phi) is 4.55. The molecule has 1 amide bonds. The molecule has 6 heteroatoms. The van der Waals surface area contributed by atoms with E-state index in [1.54, 1.807) is 6.92 Å². The molecule has 0 bridgehead atoms. The molecular formula is C15H17F2NO3. The summed E-state index contributed by atoms with van der Waals surface area (Å²) in [6, 6.07) is 3.65. The van der Waals surface area contributed by atoms with Crippen molar-refractivity contribution in [1.29, 1.82) is 0 Å². The van der Waals surface area contributed by atoms with Crippen molar-refractivity contribution in [3.05, 3.63) is 35.4 Å². The Morgan fingerprint density at radius 2 is 1.95 bits per heavy atom. The zero-order valence-electron chi connectivity index (χ0n) is 11.7. The fourth-order valence-corrected chi connectivity index (χ4v) is 2.54. The number of benzene rings is 1. The van der Waals surface area contributed by atoms with Crippen LogP contribution >= 0.6 is 0 Å². The average Bonchev–Trinajstić information content (AvgIpc) is 3.19. The lowest BCUT2D eigenvalue weighted by Crippen LogP contribution is -2.34. The Balaban J connectivity index is 2.04. The molecule has 0 spiro atoms. The van der Waals surface area contributed by atoms with Crippen LogP contribution in [0.4, 0.5) is 8.78 Å². The lowest BCUT2D eigenvalue weighted by atomic mass is 10.1. The van der Waals surface area contributed by atoms with E-state index in [9.17, 15) is 18.4 Å². The maximum atomic E-state index is 13.7. The highest BCUT2D eigenvalue weighted by Crippen LogP contribution is 2.50. The Bertz CT molecular complexity index is 542. The Morgan fingerprint density at radius 3 is 2.48 bits per heavy atom. The Hall–Kier alpha value is -1.98. The first kappa shape index (κ1) is 15.4. The third kappa shape index (κ3) is 3.37. The van der Waals surface area contributed by atoms with E-state index in [4.69, 9.17) is 5.11 Å². The molecule has 114 valence electrons. The van der Waals surface area contributed by atoms with Gasteiger partial charge < -0.3 is 10.0 Å². The van der Waals surface area contributed by atoms with Gasteiger partial charge in [-0.1, -0.05) is 6.07 Å². The van der Waals surface area contributed by atoms with Crippen molar-refractivity contribution < 1.29 is 23.5 Å². The van der Waals surface area contributed by atoms with Crippen LogP contribution < -0.4 is 0 Å². The molecule has 0 saturated heterocycles. The van der Waals surface area contributed by atoms with Crippen LogP contribution in [0.1, 0.15) is 31.2 Å². The van der Waals surface area contributed by atoms with Crippen LogP contribution in [0, 0.1) is 17.6 Å². The van der Waals surface area contributed by atoms with Crippen molar-refractivity contribution >= 4 is 11.9 Å². The van der Waals surface area contributed by atoms with Crippen LogP contribution in [-0.4, -0.2) is 35.0 Å². The average molecular weight is 297 g/mol. The van der Waals surface area contributed by atoms with Crippen molar-refractivity contribution in [2.45, 2.75) is 25.7 Å². The number of carbonyl (C=O) groups is 2.